The molecule has 1 unspecified atom stereocenters. The fourth-order valence-electron chi connectivity index (χ4n) is 2.93. The Morgan fingerprint density at radius 2 is 2.20 bits per heavy atom. The summed E-state index contributed by atoms with van der Waals surface area (Å²) in [5.41, 5.74) is 0.455. The third kappa shape index (κ3) is 3.65. The van der Waals surface area contributed by atoms with E-state index in [4.69, 9.17) is 9.29 Å². The quantitative estimate of drug-likeness (QED) is 0.691. The molecule has 2 fully saturated rings. The third-order valence-electron chi connectivity index (χ3n) is 4.01. The minimum atomic E-state index is -4.82. The number of urea groups is 1. The standard InChI is InChI=1S/C13H16N4O7S/c1-23-11-6-8(4-5-14-11)15-12(18)10-3-2-9-7-16(10)13(19)17(9)24-25(20,21)22/h4-6,9-10H,2-3,7H2,1H3,(H,14,15,18)(H,20,21,22)/t9?,10-/m0/s1. The van der Waals surface area contributed by atoms with Gasteiger partial charge in [-0.3, -0.25) is 9.35 Å². The number of carbonyl (C=O) groups is 2. The number of nitrogens with one attached hydrogen (secondary N) is 1. The lowest BCUT2D eigenvalue weighted by atomic mass is 10.0. The molecule has 3 amide bonds. The summed E-state index contributed by atoms with van der Waals surface area (Å²) < 4.78 is 39.8. The van der Waals surface area contributed by atoms with Crippen LogP contribution in [0.1, 0.15) is 12.8 Å². The fourth-order valence-corrected chi connectivity index (χ4v) is 3.32. The summed E-state index contributed by atoms with van der Waals surface area (Å²) in [6, 6.07) is 0.999. The van der Waals surface area contributed by atoms with Crippen molar-refractivity contribution in [2.75, 3.05) is 19.0 Å². The second-order valence-electron chi connectivity index (χ2n) is 5.59. The molecule has 1 aromatic rings. The number of ether oxygens (including phenoxy) is 1. The molecule has 2 aliphatic heterocycles. The van der Waals surface area contributed by atoms with Crippen molar-refractivity contribution < 1.29 is 31.6 Å². The van der Waals surface area contributed by atoms with E-state index in [2.05, 4.69) is 14.6 Å². The fraction of sp³-hybridized carbons (Fsp3) is 0.462. The Kier molecular flexibility index (Phi) is 4.49. The van der Waals surface area contributed by atoms with E-state index in [1.54, 1.807) is 6.07 Å². The van der Waals surface area contributed by atoms with Gasteiger partial charge in [-0.05, 0) is 18.9 Å². The molecular formula is C13H16N4O7S. The first-order valence-corrected chi connectivity index (χ1v) is 8.73. The lowest BCUT2D eigenvalue weighted by molar-refractivity contribution is -0.120. The number of pyridine rings is 1. The van der Waals surface area contributed by atoms with Crippen LogP contribution in [0.25, 0.3) is 0 Å². The second kappa shape index (κ2) is 6.46. The Morgan fingerprint density at radius 1 is 1.44 bits per heavy atom. The molecule has 2 atom stereocenters. The number of fused-ring (bicyclic) bond motifs is 2. The summed E-state index contributed by atoms with van der Waals surface area (Å²) in [4.78, 5) is 29.9. The van der Waals surface area contributed by atoms with Crippen LogP contribution in [0.5, 0.6) is 5.88 Å². The maximum Gasteiger partial charge on any atom is 0.418 e. The highest BCUT2D eigenvalue weighted by Gasteiger charge is 2.49. The van der Waals surface area contributed by atoms with Gasteiger partial charge in [-0.1, -0.05) is 0 Å². The lowest BCUT2D eigenvalue weighted by Crippen LogP contribution is -2.47. The van der Waals surface area contributed by atoms with Crippen LogP contribution in [-0.2, 0) is 19.5 Å². The monoisotopic (exact) mass is 372 g/mol. The Morgan fingerprint density at radius 3 is 2.88 bits per heavy atom. The van der Waals surface area contributed by atoms with Crippen LogP contribution < -0.4 is 10.1 Å². The first-order valence-electron chi connectivity index (χ1n) is 7.36. The van der Waals surface area contributed by atoms with Crippen LogP contribution in [0.15, 0.2) is 18.3 Å². The van der Waals surface area contributed by atoms with Crippen molar-refractivity contribution in [1.82, 2.24) is 14.9 Å². The molecule has 0 spiro atoms. The van der Waals surface area contributed by atoms with Crippen molar-refractivity contribution in [2.24, 2.45) is 0 Å². The van der Waals surface area contributed by atoms with E-state index in [1.807, 2.05) is 0 Å². The number of hydrogen-bond acceptors (Lipinski definition) is 7. The number of carbonyl (C=O) groups excluding carboxylic acids is 2. The van der Waals surface area contributed by atoms with Crippen LogP contribution in [0.2, 0.25) is 0 Å². The van der Waals surface area contributed by atoms with Gasteiger partial charge >= 0.3 is 16.4 Å². The molecule has 1 aromatic heterocycles. The third-order valence-corrected chi connectivity index (χ3v) is 4.36. The van der Waals surface area contributed by atoms with E-state index in [-0.39, 0.29) is 6.54 Å². The van der Waals surface area contributed by atoms with Gasteiger partial charge in [0, 0.05) is 24.5 Å². The molecule has 2 N–H and O–H groups in total. The maximum atomic E-state index is 12.5. The van der Waals surface area contributed by atoms with E-state index >= 15 is 0 Å². The highest BCUT2D eigenvalue weighted by molar-refractivity contribution is 7.80. The Balaban J connectivity index is 1.72. The molecule has 0 aromatic carbocycles. The van der Waals surface area contributed by atoms with Crippen LogP contribution in [0.4, 0.5) is 10.5 Å². The number of hydroxylamine groups is 2. The number of aromatic nitrogens is 1. The zero-order valence-electron chi connectivity index (χ0n) is 13.2. The smallest absolute Gasteiger partial charge is 0.418 e. The molecule has 0 saturated carbocycles. The van der Waals surface area contributed by atoms with Crippen molar-refractivity contribution >= 4 is 28.0 Å². The van der Waals surface area contributed by atoms with Crippen LogP contribution in [0.3, 0.4) is 0 Å². The van der Waals surface area contributed by atoms with E-state index in [0.717, 1.165) is 0 Å². The number of amides is 3. The first kappa shape index (κ1) is 17.4. The zero-order valence-corrected chi connectivity index (χ0v) is 14.0. The van der Waals surface area contributed by atoms with Crippen molar-refractivity contribution in [3.05, 3.63) is 18.3 Å². The van der Waals surface area contributed by atoms with Crippen LogP contribution in [0, 0.1) is 0 Å². The molecule has 11 nitrogen and oxygen atoms in total. The predicted molar refractivity (Wildman–Crippen MR) is 82.8 cm³/mol. The number of anilines is 1. The average molecular weight is 372 g/mol. The highest BCUT2D eigenvalue weighted by Crippen LogP contribution is 2.31. The number of rotatable bonds is 5. The number of piperidine rings is 1. The van der Waals surface area contributed by atoms with Gasteiger partial charge in [0.05, 0.1) is 13.2 Å². The molecule has 2 saturated heterocycles. The highest BCUT2D eigenvalue weighted by atomic mass is 32.3. The molecule has 3 rings (SSSR count). The van der Waals surface area contributed by atoms with Crippen molar-refractivity contribution in [3.8, 4) is 5.88 Å². The normalized spacial score (nSPS) is 22.9. The largest absolute Gasteiger partial charge is 0.481 e. The molecule has 2 bridgehead atoms. The predicted octanol–water partition coefficient (Wildman–Crippen LogP) is 0.0317. The molecule has 0 aliphatic carbocycles. The van der Waals surface area contributed by atoms with Gasteiger partial charge in [-0.2, -0.15) is 13.5 Å². The van der Waals surface area contributed by atoms with E-state index in [9.17, 15) is 18.0 Å². The first-order chi connectivity index (χ1) is 11.8. The van der Waals surface area contributed by atoms with Gasteiger partial charge in [-0.25, -0.2) is 9.78 Å². The molecule has 3 heterocycles. The van der Waals surface area contributed by atoms with Gasteiger partial charge in [0.1, 0.15) is 6.04 Å². The maximum absolute atomic E-state index is 12.5. The van der Waals surface area contributed by atoms with Crippen molar-refractivity contribution in [1.29, 1.82) is 0 Å². The summed E-state index contributed by atoms with van der Waals surface area (Å²) in [5.74, 6) is -0.0970. The summed E-state index contributed by atoms with van der Waals surface area (Å²) in [6.45, 7) is 0.131. The lowest BCUT2D eigenvalue weighted by Gasteiger charge is -2.29. The van der Waals surface area contributed by atoms with Crippen LogP contribution >= 0.6 is 0 Å². The van der Waals surface area contributed by atoms with E-state index in [0.29, 0.717) is 29.5 Å². The molecule has 136 valence electrons. The summed E-state index contributed by atoms with van der Waals surface area (Å²) in [7, 11) is -3.37. The van der Waals surface area contributed by atoms with Crippen molar-refractivity contribution in [2.45, 2.75) is 24.9 Å². The molecule has 25 heavy (non-hydrogen) atoms. The van der Waals surface area contributed by atoms with Gasteiger partial charge in [-0.15, -0.1) is 4.28 Å². The Labute approximate surface area is 143 Å². The summed E-state index contributed by atoms with van der Waals surface area (Å²) >= 11 is 0. The molecule has 12 heteroatoms. The SMILES string of the molecule is COc1cc(NC(=O)[C@@H]2CCC3CN2C(=O)N3OS(=O)(=O)O)ccn1. The number of nitrogens with zero attached hydrogens (tertiary/aromatic N) is 3. The van der Waals surface area contributed by atoms with Crippen molar-refractivity contribution in [3.63, 3.8) is 0 Å². The minimum Gasteiger partial charge on any atom is -0.481 e. The molecule has 0 radical (unpaired) electrons. The molecular weight excluding hydrogens is 356 g/mol. The van der Waals surface area contributed by atoms with Gasteiger partial charge in [0.25, 0.3) is 0 Å². The topological polar surface area (TPSA) is 138 Å². The summed E-state index contributed by atoms with van der Waals surface area (Å²) in [5, 5.41) is 3.27. The van der Waals surface area contributed by atoms with Gasteiger partial charge < -0.3 is 15.0 Å². The number of hydrogen-bond donors (Lipinski definition) is 2. The van der Waals surface area contributed by atoms with Crippen LogP contribution in [-0.4, -0.2) is 65.6 Å². The minimum absolute atomic E-state index is 0.131. The van der Waals surface area contributed by atoms with Gasteiger partial charge in [0.2, 0.25) is 11.8 Å². The van der Waals surface area contributed by atoms with E-state index < -0.39 is 34.4 Å². The number of methoxy groups -OCH3 is 1. The van der Waals surface area contributed by atoms with E-state index in [1.165, 1.54) is 24.3 Å². The Bertz CT molecular complexity index is 799. The van der Waals surface area contributed by atoms with Gasteiger partial charge in [0.15, 0.2) is 0 Å². The Hall–Kier alpha value is -2.44. The molecule has 2 aliphatic rings. The average Bonchev–Trinajstić information content (AvgIpc) is 2.78. The zero-order chi connectivity index (χ0) is 18.2. The second-order valence-corrected chi connectivity index (χ2v) is 6.59. The summed E-state index contributed by atoms with van der Waals surface area (Å²) in [6.07, 6.45) is 2.15.